The molecule has 1 rings (SSSR count). The van der Waals surface area contributed by atoms with Crippen molar-refractivity contribution in [1.82, 2.24) is 5.32 Å². The molecule has 0 fully saturated rings. The SMILES string of the molecule is CNC(CC(=O)OC)c1c(C)cc(C)c(C)c1OC. The molecule has 1 atom stereocenters. The van der Waals surface area contributed by atoms with Crippen LogP contribution >= 0.6 is 0 Å². The molecule has 0 saturated heterocycles. The monoisotopic (exact) mass is 265 g/mol. The van der Waals surface area contributed by atoms with Crippen LogP contribution in [0.4, 0.5) is 0 Å². The van der Waals surface area contributed by atoms with Gasteiger partial charge in [0.25, 0.3) is 0 Å². The molecule has 0 radical (unpaired) electrons. The van der Waals surface area contributed by atoms with Crippen LogP contribution in [0.25, 0.3) is 0 Å². The van der Waals surface area contributed by atoms with E-state index in [2.05, 4.69) is 18.3 Å². The number of aryl methyl sites for hydroxylation is 2. The lowest BCUT2D eigenvalue weighted by Crippen LogP contribution is -2.22. The first-order valence-electron chi connectivity index (χ1n) is 6.35. The van der Waals surface area contributed by atoms with Gasteiger partial charge in [-0.2, -0.15) is 0 Å². The molecule has 1 N–H and O–H groups in total. The number of hydrogen-bond acceptors (Lipinski definition) is 4. The summed E-state index contributed by atoms with van der Waals surface area (Å²) in [6, 6.07) is 2.01. The topological polar surface area (TPSA) is 47.6 Å². The molecule has 19 heavy (non-hydrogen) atoms. The Labute approximate surface area is 115 Å². The van der Waals surface area contributed by atoms with E-state index in [0.29, 0.717) is 0 Å². The number of hydrogen-bond donors (Lipinski definition) is 1. The number of benzene rings is 1. The first kappa shape index (κ1) is 15.5. The molecule has 0 aromatic heterocycles. The molecule has 1 aromatic rings. The first-order valence-corrected chi connectivity index (χ1v) is 6.35. The average Bonchev–Trinajstić information content (AvgIpc) is 2.40. The van der Waals surface area contributed by atoms with Gasteiger partial charge in [0.05, 0.1) is 20.6 Å². The molecule has 106 valence electrons. The second-order valence-electron chi connectivity index (χ2n) is 4.70. The van der Waals surface area contributed by atoms with Crippen LogP contribution in [0.3, 0.4) is 0 Å². The maximum Gasteiger partial charge on any atom is 0.307 e. The number of carbonyl (C=O) groups is 1. The molecule has 4 heteroatoms. The average molecular weight is 265 g/mol. The summed E-state index contributed by atoms with van der Waals surface area (Å²) < 4.78 is 10.3. The van der Waals surface area contributed by atoms with Crippen LogP contribution in [-0.4, -0.2) is 27.2 Å². The zero-order valence-corrected chi connectivity index (χ0v) is 12.6. The third-order valence-electron chi connectivity index (χ3n) is 3.53. The molecule has 0 heterocycles. The van der Waals surface area contributed by atoms with Crippen molar-refractivity contribution in [3.8, 4) is 5.75 Å². The zero-order valence-electron chi connectivity index (χ0n) is 12.6. The molecule has 1 aromatic carbocycles. The number of rotatable bonds is 5. The van der Waals surface area contributed by atoms with Gasteiger partial charge >= 0.3 is 5.97 Å². The van der Waals surface area contributed by atoms with Gasteiger partial charge in [-0.15, -0.1) is 0 Å². The summed E-state index contributed by atoms with van der Waals surface area (Å²) >= 11 is 0. The molecule has 0 bridgehead atoms. The first-order chi connectivity index (χ1) is 8.96. The highest BCUT2D eigenvalue weighted by atomic mass is 16.5. The number of methoxy groups -OCH3 is 2. The van der Waals surface area contributed by atoms with Crippen molar-refractivity contribution in [1.29, 1.82) is 0 Å². The van der Waals surface area contributed by atoms with Crippen molar-refractivity contribution in [2.45, 2.75) is 33.2 Å². The smallest absolute Gasteiger partial charge is 0.307 e. The standard InChI is InChI=1S/C15H23NO3/c1-9-7-10(2)14(15(19-6)11(9)3)12(16-4)8-13(17)18-5/h7,12,16H,8H2,1-6H3. The molecule has 1 unspecified atom stereocenters. The van der Waals surface area contributed by atoms with Crippen molar-refractivity contribution >= 4 is 5.97 Å². The van der Waals surface area contributed by atoms with Crippen LogP contribution in [0.15, 0.2) is 6.07 Å². The van der Waals surface area contributed by atoms with E-state index in [-0.39, 0.29) is 18.4 Å². The summed E-state index contributed by atoms with van der Waals surface area (Å²) in [7, 11) is 4.90. The summed E-state index contributed by atoms with van der Waals surface area (Å²) in [5.74, 6) is 0.611. The molecule has 0 aliphatic rings. The Morgan fingerprint density at radius 1 is 1.26 bits per heavy atom. The van der Waals surface area contributed by atoms with Gasteiger partial charge in [0.1, 0.15) is 5.75 Å². The minimum atomic E-state index is -0.237. The number of nitrogens with one attached hydrogen (secondary N) is 1. The second-order valence-corrected chi connectivity index (χ2v) is 4.70. The van der Waals surface area contributed by atoms with Gasteiger partial charge in [0, 0.05) is 11.6 Å². The fraction of sp³-hybridized carbons (Fsp3) is 0.533. The molecule has 0 saturated carbocycles. The third kappa shape index (κ3) is 3.26. The van der Waals surface area contributed by atoms with E-state index in [4.69, 9.17) is 9.47 Å². The van der Waals surface area contributed by atoms with Gasteiger partial charge in [-0.3, -0.25) is 4.79 Å². The number of carbonyl (C=O) groups excluding carboxylic acids is 1. The predicted octanol–water partition coefficient (Wildman–Crippen LogP) is 2.44. The van der Waals surface area contributed by atoms with Crippen LogP contribution in [0.2, 0.25) is 0 Å². The number of esters is 1. The van der Waals surface area contributed by atoms with Gasteiger partial charge in [0.15, 0.2) is 0 Å². The molecule has 0 aliphatic carbocycles. The van der Waals surface area contributed by atoms with E-state index in [0.717, 1.165) is 22.4 Å². The minimum absolute atomic E-state index is 0.110. The van der Waals surface area contributed by atoms with Gasteiger partial charge in [-0.1, -0.05) is 6.07 Å². The number of ether oxygens (including phenoxy) is 2. The van der Waals surface area contributed by atoms with Gasteiger partial charge in [0.2, 0.25) is 0 Å². The Bertz CT molecular complexity index is 469. The van der Waals surface area contributed by atoms with Gasteiger partial charge in [-0.05, 0) is 44.5 Å². The zero-order chi connectivity index (χ0) is 14.6. The summed E-state index contributed by atoms with van der Waals surface area (Å²) in [5.41, 5.74) is 4.43. The van der Waals surface area contributed by atoms with Crippen molar-refractivity contribution in [2.24, 2.45) is 0 Å². The molecule has 0 amide bonds. The summed E-state index contributed by atoms with van der Waals surface area (Å²) in [6.45, 7) is 6.12. The van der Waals surface area contributed by atoms with E-state index in [1.807, 2.05) is 20.9 Å². The highest BCUT2D eigenvalue weighted by molar-refractivity contribution is 5.71. The Hall–Kier alpha value is -1.55. The van der Waals surface area contributed by atoms with E-state index >= 15 is 0 Å². The Balaban J connectivity index is 3.30. The molecular weight excluding hydrogens is 242 g/mol. The van der Waals surface area contributed by atoms with E-state index in [1.54, 1.807) is 7.11 Å². The maximum atomic E-state index is 11.5. The van der Waals surface area contributed by atoms with Crippen LogP contribution < -0.4 is 10.1 Å². The van der Waals surface area contributed by atoms with Crippen LogP contribution in [-0.2, 0) is 9.53 Å². The minimum Gasteiger partial charge on any atom is -0.496 e. The lowest BCUT2D eigenvalue weighted by molar-refractivity contribution is -0.141. The lowest BCUT2D eigenvalue weighted by atomic mass is 9.92. The summed E-state index contributed by atoms with van der Waals surface area (Å²) in [6.07, 6.45) is 0.284. The largest absolute Gasteiger partial charge is 0.496 e. The molecule has 0 aliphatic heterocycles. The fourth-order valence-electron chi connectivity index (χ4n) is 2.37. The molecule has 0 spiro atoms. The molecular formula is C15H23NO3. The summed E-state index contributed by atoms with van der Waals surface area (Å²) in [4.78, 5) is 11.5. The van der Waals surface area contributed by atoms with E-state index in [9.17, 15) is 4.79 Å². The van der Waals surface area contributed by atoms with Crippen molar-refractivity contribution in [2.75, 3.05) is 21.3 Å². The van der Waals surface area contributed by atoms with Gasteiger partial charge in [-0.25, -0.2) is 0 Å². The van der Waals surface area contributed by atoms with Crippen LogP contribution in [0, 0.1) is 20.8 Å². The highest BCUT2D eigenvalue weighted by Gasteiger charge is 2.22. The third-order valence-corrected chi connectivity index (χ3v) is 3.53. The van der Waals surface area contributed by atoms with Crippen LogP contribution in [0.5, 0.6) is 5.75 Å². The molecule has 4 nitrogen and oxygen atoms in total. The van der Waals surface area contributed by atoms with Crippen LogP contribution in [0.1, 0.15) is 34.7 Å². The van der Waals surface area contributed by atoms with E-state index < -0.39 is 0 Å². The second kappa shape index (κ2) is 6.57. The van der Waals surface area contributed by atoms with E-state index in [1.165, 1.54) is 12.7 Å². The normalized spacial score (nSPS) is 12.1. The Morgan fingerprint density at radius 3 is 2.37 bits per heavy atom. The predicted molar refractivity (Wildman–Crippen MR) is 75.6 cm³/mol. The Morgan fingerprint density at radius 2 is 1.89 bits per heavy atom. The summed E-state index contributed by atoms with van der Waals surface area (Å²) in [5, 5.41) is 3.16. The Kier molecular flexibility index (Phi) is 5.36. The van der Waals surface area contributed by atoms with Crippen molar-refractivity contribution in [3.63, 3.8) is 0 Å². The van der Waals surface area contributed by atoms with Crippen molar-refractivity contribution < 1.29 is 14.3 Å². The maximum absolute atomic E-state index is 11.5. The lowest BCUT2D eigenvalue weighted by Gasteiger charge is -2.23. The van der Waals surface area contributed by atoms with Gasteiger partial charge < -0.3 is 14.8 Å². The fourth-order valence-corrected chi connectivity index (χ4v) is 2.37. The highest BCUT2D eigenvalue weighted by Crippen LogP contribution is 2.35. The quantitative estimate of drug-likeness (QED) is 0.831. The van der Waals surface area contributed by atoms with Crippen molar-refractivity contribution in [3.05, 3.63) is 28.3 Å².